The summed E-state index contributed by atoms with van der Waals surface area (Å²) in [6.45, 7) is 4.54. The minimum atomic E-state index is -0.215. The molecule has 1 aromatic carbocycles. The monoisotopic (exact) mass is 224 g/mol. The summed E-state index contributed by atoms with van der Waals surface area (Å²) in [5.74, 6) is -0.215. The van der Waals surface area contributed by atoms with Crippen molar-refractivity contribution < 1.29 is 9.13 Å². The van der Waals surface area contributed by atoms with E-state index in [1.807, 2.05) is 12.1 Å². The molecule has 1 saturated heterocycles. The lowest BCUT2D eigenvalue weighted by Crippen LogP contribution is -2.35. The van der Waals surface area contributed by atoms with Crippen molar-refractivity contribution in [2.75, 3.05) is 26.3 Å². The molecule has 1 fully saturated rings. The van der Waals surface area contributed by atoms with Crippen molar-refractivity contribution in [3.63, 3.8) is 0 Å². The van der Waals surface area contributed by atoms with E-state index in [1.165, 1.54) is 6.07 Å². The first-order valence-corrected chi connectivity index (χ1v) is 5.57. The van der Waals surface area contributed by atoms with E-state index in [1.54, 1.807) is 0 Å². The largest absolute Gasteiger partial charge is 0.379 e. The van der Waals surface area contributed by atoms with Gasteiger partial charge in [0.15, 0.2) is 0 Å². The molecule has 0 amide bonds. The van der Waals surface area contributed by atoms with Crippen LogP contribution < -0.4 is 5.73 Å². The zero-order valence-corrected chi connectivity index (χ0v) is 9.29. The Morgan fingerprint density at radius 2 is 2.06 bits per heavy atom. The molecule has 0 aliphatic carbocycles. The Balaban J connectivity index is 2.03. The number of nitrogens with zero attached hydrogens (tertiary/aromatic N) is 1. The van der Waals surface area contributed by atoms with Gasteiger partial charge in [-0.15, -0.1) is 0 Å². The summed E-state index contributed by atoms with van der Waals surface area (Å²) in [7, 11) is 0. The van der Waals surface area contributed by atoms with Crippen molar-refractivity contribution in [1.82, 2.24) is 4.90 Å². The molecule has 1 heterocycles. The third-order valence-corrected chi connectivity index (χ3v) is 2.84. The van der Waals surface area contributed by atoms with Gasteiger partial charge in [0, 0.05) is 31.7 Å². The Kier molecular flexibility index (Phi) is 3.88. The average molecular weight is 224 g/mol. The lowest BCUT2D eigenvalue weighted by atomic mass is 10.1. The van der Waals surface area contributed by atoms with Gasteiger partial charge in [0.2, 0.25) is 0 Å². The molecule has 4 heteroatoms. The second-order valence-electron chi connectivity index (χ2n) is 4.02. The van der Waals surface area contributed by atoms with Gasteiger partial charge in [-0.1, -0.05) is 12.1 Å². The highest BCUT2D eigenvalue weighted by Crippen LogP contribution is 2.12. The van der Waals surface area contributed by atoms with Gasteiger partial charge >= 0.3 is 0 Å². The van der Waals surface area contributed by atoms with Gasteiger partial charge < -0.3 is 10.5 Å². The SMILES string of the molecule is NCc1cc(CN2CCOCC2)ccc1F. The number of ether oxygens (including phenoxy) is 1. The van der Waals surface area contributed by atoms with Crippen LogP contribution in [0.15, 0.2) is 18.2 Å². The lowest BCUT2D eigenvalue weighted by Gasteiger charge is -2.26. The summed E-state index contributed by atoms with van der Waals surface area (Å²) < 4.78 is 18.5. The third-order valence-electron chi connectivity index (χ3n) is 2.84. The minimum absolute atomic E-state index is 0.215. The van der Waals surface area contributed by atoms with Gasteiger partial charge in [0.1, 0.15) is 5.82 Å². The first kappa shape index (κ1) is 11.5. The molecule has 0 aromatic heterocycles. The maximum Gasteiger partial charge on any atom is 0.127 e. The third kappa shape index (κ3) is 2.78. The molecule has 0 saturated carbocycles. The standard InChI is InChI=1S/C12H17FN2O/c13-12-2-1-10(7-11(12)8-14)9-15-3-5-16-6-4-15/h1-2,7H,3-6,8-9,14H2. The van der Waals surface area contributed by atoms with Gasteiger partial charge in [0.25, 0.3) is 0 Å². The molecule has 0 radical (unpaired) electrons. The zero-order chi connectivity index (χ0) is 11.4. The van der Waals surface area contributed by atoms with Crippen molar-refractivity contribution in [2.24, 2.45) is 5.73 Å². The van der Waals surface area contributed by atoms with Gasteiger partial charge in [-0.2, -0.15) is 0 Å². The Morgan fingerprint density at radius 1 is 1.31 bits per heavy atom. The molecule has 0 unspecified atom stereocenters. The topological polar surface area (TPSA) is 38.5 Å². The molecule has 2 N–H and O–H groups in total. The molecule has 1 aliphatic rings. The van der Waals surface area contributed by atoms with Crippen LogP contribution in [0.3, 0.4) is 0 Å². The smallest absolute Gasteiger partial charge is 0.127 e. The number of benzene rings is 1. The predicted molar refractivity (Wildman–Crippen MR) is 60.4 cm³/mol. The maximum absolute atomic E-state index is 13.2. The summed E-state index contributed by atoms with van der Waals surface area (Å²) in [6.07, 6.45) is 0. The highest BCUT2D eigenvalue weighted by atomic mass is 19.1. The highest BCUT2D eigenvalue weighted by Gasteiger charge is 2.11. The first-order valence-electron chi connectivity index (χ1n) is 5.57. The molecule has 0 atom stereocenters. The van der Waals surface area contributed by atoms with E-state index in [9.17, 15) is 4.39 Å². The van der Waals surface area contributed by atoms with Crippen molar-refractivity contribution in [3.8, 4) is 0 Å². The van der Waals surface area contributed by atoms with Gasteiger partial charge in [-0.25, -0.2) is 4.39 Å². The fourth-order valence-electron chi connectivity index (χ4n) is 1.90. The molecule has 16 heavy (non-hydrogen) atoms. The lowest BCUT2D eigenvalue weighted by molar-refractivity contribution is 0.0342. The van der Waals surface area contributed by atoms with E-state index < -0.39 is 0 Å². The van der Waals surface area contributed by atoms with E-state index in [2.05, 4.69) is 4.90 Å². The average Bonchev–Trinajstić information content (AvgIpc) is 2.33. The van der Waals surface area contributed by atoms with Crippen LogP contribution in [-0.4, -0.2) is 31.2 Å². The Hall–Kier alpha value is -0.970. The summed E-state index contributed by atoms with van der Waals surface area (Å²) in [5.41, 5.74) is 7.18. The van der Waals surface area contributed by atoms with E-state index in [0.29, 0.717) is 5.56 Å². The number of nitrogens with two attached hydrogens (primary N) is 1. The number of hydrogen-bond donors (Lipinski definition) is 1. The van der Waals surface area contributed by atoms with Crippen LogP contribution in [-0.2, 0) is 17.8 Å². The second-order valence-corrected chi connectivity index (χ2v) is 4.02. The Labute approximate surface area is 95.0 Å². The molecular weight excluding hydrogens is 207 g/mol. The summed E-state index contributed by atoms with van der Waals surface area (Å²) in [6, 6.07) is 5.17. The fraction of sp³-hybridized carbons (Fsp3) is 0.500. The zero-order valence-electron chi connectivity index (χ0n) is 9.29. The van der Waals surface area contributed by atoms with E-state index in [-0.39, 0.29) is 12.4 Å². The fourth-order valence-corrected chi connectivity index (χ4v) is 1.90. The molecule has 1 aromatic rings. The van der Waals surface area contributed by atoms with Crippen LogP contribution in [0.5, 0.6) is 0 Å². The summed E-state index contributed by atoms with van der Waals surface area (Å²) in [5, 5.41) is 0. The number of rotatable bonds is 3. The van der Waals surface area contributed by atoms with E-state index in [4.69, 9.17) is 10.5 Å². The van der Waals surface area contributed by atoms with Gasteiger partial charge in [0.05, 0.1) is 13.2 Å². The van der Waals surface area contributed by atoms with E-state index >= 15 is 0 Å². The number of halogens is 1. The quantitative estimate of drug-likeness (QED) is 0.836. The van der Waals surface area contributed by atoms with Crippen LogP contribution in [0.25, 0.3) is 0 Å². The summed E-state index contributed by atoms with van der Waals surface area (Å²) in [4.78, 5) is 2.30. The maximum atomic E-state index is 13.2. The van der Waals surface area contributed by atoms with Crippen molar-refractivity contribution in [3.05, 3.63) is 35.1 Å². The minimum Gasteiger partial charge on any atom is -0.379 e. The predicted octanol–water partition coefficient (Wildman–Crippen LogP) is 1.12. The molecule has 2 rings (SSSR count). The van der Waals surface area contributed by atoms with Crippen LogP contribution >= 0.6 is 0 Å². The van der Waals surface area contributed by atoms with Gasteiger partial charge in [-0.3, -0.25) is 4.90 Å². The molecule has 88 valence electrons. The number of morpholine rings is 1. The molecule has 0 spiro atoms. The van der Waals surface area contributed by atoms with Crippen LogP contribution in [0.2, 0.25) is 0 Å². The van der Waals surface area contributed by atoms with Gasteiger partial charge in [-0.05, 0) is 11.6 Å². The second kappa shape index (κ2) is 5.39. The van der Waals surface area contributed by atoms with Crippen LogP contribution in [0.4, 0.5) is 4.39 Å². The molecule has 1 aliphatic heterocycles. The molecule has 0 bridgehead atoms. The van der Waals surface area contributed by atoms with E-state index in [0.717, 1.165) is 38.4 Å². The van der Waals surface area contributed by atoms with Crippen LogP contribution in [0, 0.1) is 5.82 Å². The first-order chi connectivity index (χ1) is 7.79. The Bertz CT molecular complexity index is 351. The Morgan fingerprint density at radius 3 is 2.75 bits per heavy atom. The molecule has 3 nitrogen and oxygen atoms in total. The van der Waals surface area contributed by atoms with Crippen molar-refractivity contribution in [1.29, 1.82) is 0 Å². The highest BCUT2D eigenvalue weighted by molar-refractivity contribution is 5.25. The van der Waals surface area contributed by atoms with Crippen molar-refractivity contribution >= 4 is 0 Å². The number of hydrogen-bond acceptors (Lipinski definition) is 3. The van der Waals surface area contributed by atoms with Crippen molar-refractivity contribution in [2.45, 2.75) is 13.1 Å². The van der Waals surface area contributed by atoms with Crippen LogP contribution in [0.1, 0.15) is 11.1 Å². The normalized spacial score (nSPS) is 17.6. The molecular formula is C12H17FN2O. The summed E-state index contributed by atoms with van der Waals surface area (Å²) >= 11 is 0.